The molecule has 4 fully saturated rings. The summed E-state index contributed by atoms with van der Waals surface area (Å²) in [7, 11) is 0. The number of benzene rings is 12. The van der Waals surface area contributed by atoms with Crippen LogP contribution in [0.15, 0.2) is 231 Å². The smallest absolute Gasteiger partial charge is 0.0495 e. The molecule has 20 rings (SSSR count). The van der Waals surface area contributed by atoms with Crippen LogP contribution in [0, 0.1) is 23.7 Å². The van der Waals surface area contributed by atoms with Crippen molar-refractivity contribution in [2.24, 2.45) is 23.7 Å². The van der Waals surface area contributed by atoms with E-state index in [2.05, 4.69) is 306 Å². The van der Waals surface area contributed by atoms with Gasteiger partial charge in [-0.05, 0) is 311 Å². The summed E-state index contributed by atoms with van der Waals surface area (Å²) >= 11 is 0. The zero-order chi connectivity index (χ0) is 67.3. The third kappa shape index (κ3) is 8.46. The number of anilines is 8. The molecule has 4 saturated carbocycles. The minimum absolute atomic E-state index is 0.0283. The standard InChI is InChI=1S/C96H94N4/c1-59-25-21-49-93(5)89(59)79-53-63(37-45-83(79)97(93)67-29-13-9-14-30-67)75-57-76(64-38-46-84-80(54-64)90-60(2)26-22-50-94(90,6)98(84)68-31-15-10-16-32-68)72-43-44-74-78(66-40-48-86-82(56-66)92-62(4)28-24-52-96(92,8)100(86)70-35-19-12-20-36-70)58-77(73-42-41-71(75)87(72)88(73)74)65-39-47-85-81(55-65)91-61(3)27-23-51-95(91,7)99(85)69-33-17-11-18-34-69/h9-20,29-48,53-62,89-92H,21-28,49-52H2,1-8H3. The highest BCUT2D eigenvalue weighted by Crippen LogP contribution is 2.65. The van der Waals surface area contributed by atoms with Crippen LogP contribution in [-0.2, 0) is 0 Å². The van der Waals surface area contributed by atoms with Gasteiger partial charge in [-0.1, -0.05) is 175 Å². The van der Waals surface area contributed by atoms with E-state index < -0.39 is 0 Å². The maximum absolute atomic E-state index is 2.75. The Labute approximate surface area is 593 Å². The zero-order valence-electron chi connectivity index (χ0n) is 59.8. The molecule has 4 heteroatoms. The third-order valence-electron chi connectivity index (χ3n) is 28.0. The Hall–Kier alpha value is -9.12. The number of fused-ring (bicyclic) bond motifs is 12. The van der Waals surface area contributed by atoms with E-state index in [1.165, 1.54) is 222 Å². The Kier molecular flexibility index (Phi) is 13.5. The van der Waals surface area contributed by atoms with Gasteiger partial charge in [0.2, 0.25) is 0 Å². The van der Waals surface area contributed by atoms with Crippen molar-refractivity contribution < 1.29 is 0 Å². The maximum atomic E-state index is 2.75. The van der Waals surface area contributed by atoms with E-state index in [-0.39, 0.29) is 22.2 Å². The van der Waals surface area contributed by atoms with Crippen LogP contribution < -0.4 is 19.6 Å². The predicted molar refractivity (Wildman–Crippen MR) is 423 cm³/mol. The van der Waals surface area contributed by atoms with Gasteiger partial charge in [0.15, 0.2) is 0 Å². The highest BCUT2D eigenvalue weighted by Gasteiger charge is 2.57. The number of hydrogen-bond acceptors (Lipinski definition) is 4. The molecule has 0 amide bonds. The van der Waals surface area contributed by atoms with Crippen molar-refractivity contribution >= 4 is 77.8 Å². The quantitative estimate of drug-likeness (QED) is 0.141. The molecule has 12 atom stereocenters. The first-order chi connectivity index (χ1) is 48.7. The summed E-state index contributed by atoms with van der Waals surface area (Å²) in [6, 6.07) is 91.7. The van der Waals surface area contributed by atoms with Crippen LogP contribution in [0.4, 0.5) is 45.5 Å². The summed E-state index contributed by atoms with van der Waals surface area (Å²) in [5.74, 6) is 3.82. The molecule has 4 heterocycles. The maximum Gasteiger partial charge on any atom is 0.0495 e. The van der Waals surface area contributed by atoms with E-state index in [4.69, 9.17) is 0 Å². The predicted octanol–water partition coefficient (Wildman–Crippen LogP) is 26.5. The van der Waals surface area contributed by atoms with E-state index in [1.807, 2.05) is 0 Å². The molecule has 0 aromatic heterocycles. The van der Waals surface area contributed by atoms with Crippen molar-refractivity contribution in [3.8, 4) is 44.5 Å². The Morgan fingerprint density at radius 2 is 0.480 bits per heavy atom. The highest BCUT2D eigenvalue weighted by atomic mass is 15.3. The molecule has 100 heavy (non-hydrogen) atoms. The van der Waals surface area contributed by atoms with Crippen molar-refractivity contribution in [2.75, 3.05) is 19.6 Å². The number of rotatable bonds is 8. The van der Waals surface area contributed by atoms with Gasteiger partial charge < -0.3 is 19.6 Å². The lowest BCUT2D eigenvalue weighted by atomic mass is 9.67. The van der Waals surface area contributed by atoms with Crippen LogP contribution in [0.3, 0.4) is 0 Å². The highest BCUT2D eigenvalue weighted by molar-refractivity contribution is 6.32. The Morgan fingerprint density at radius 3 is 0.700 bits per heavy atom. The second-order valence-electron chi connectivity index (χ2n) is 33.6. The van der Waals surface area contributed by atoms with Gasteiger partial charge >= 0.3 is 0 Å². The minimum atomic E-state index is -0.0283. The minimum Gasteiger partial charge on any atom is -0.335 e. The molecule has 498 valence electrons. The van der Waals surface area contributed by atoms with E-state index in [1.54, 1.807) is 0 Å². The summed E-state index contributed by atoms with van der Waals surface area (Å²) in [4.78, 5) is 11.0. The molecule has 4 aliphatic heterocycles. The van der Waals surface area contributed by atoms with Crippen LogP contribution in [0.2, 0.25) is 0 Å². The molecule has 12 aromatic carbocycles. The van der Waals surface area contributed by atoms with Gasteiger partial charge in [-0.3, -0.25) is 0 Å². The number of nitrogens with zero attached hydrogens (tertiary/aromatic N) is 4. The van der Waals surface area contributed by atoms with E-state index in [0.717, 1.165) is 0 Å². The van der Waals surface area contributed by atoms with Gasteiger partial charge in [0.05, 0.1) is 0 Å². The fraction of sp³-hybridized carbons (Fsp3) is 0.333. The van der Waals surface area contributed by atoms with Crippen molar-refractivity contribution in [2.45, 2.75) is 178 Å². The van der Waals surface area contributed by atoms with E-state index in [9.17, 15) is 0 Å². The van der Waals surface area contributed by atoms with Crippen LogP contribution in [-0.4, -0.2) is 22.2 Å². The first-order valence-electron chi connectivity index (χ1n) is 38.5. The molecule has 0 radical (unpaired) electrons. The van der Waals surface area contributed by atoms with E-state index in [0.29, 0.717) is 47.3 Å². The molecule has 0 saturated heterocycles. The molecule has 0 bridgehead atoms. The largest absolute Gasteiger partial charge is 0.335 e. The second-order valence-corrected chi connectivity index (χ2v) is 33.6. The van der Waals surface area contributed by atoms with Crippen molar-refractivity contribution in [1.82, 2.24) is 0 Å². The first-order valence-corrected chi connectivity index (χ1v) is 38.5. The van der Waals surface area contributed by atoms with Gasteiger partial charge in [-0.25, -0.2) is 0 Å². The first kappa shape index (κ1) is 60.8. The van der Waals surface area contributed by atoms with E-state index >= 15 is 0 Å². The fourth-order valence-corrected chi connectivity index (χ4v) is 24.2. The lowest BCUT2D eigenvalue weighted by molar-refractivity contribution is 0.223. The molecule has 8 aliphatic rings. The Bertz CT molecular complexity index is 4610. The van der Waals surface area contributed by atoms with Gasteiger partial charge in [-0.2, -0.15) is 0 Å². The van der Waals surface area contributed by atoms with Gasteiger partial charge in [0.1, 0.15) is 0 Å². The summed E-state index contributed by atoms with van der Waals surface area (Å²) in [5.41, 5.74) is 27.2. The summed E-state index contributed by atoms with van der Waals surface area (Å²) in [5, 5.41) is 8.09. The summed E-state index contributed by atoms with van der Waals surface area (Å²) in [6.07, 6.45) is 14.7. The molecule has 0 spiro atoms. The lowest BCUT2D eigenvalue weighted by Gasteiger charge is -2.46. The summed E-state index contributed by atoms with van der Waals surface area (Å²) in [6.45, 7) is 20.5. The monoisotopic (exact) mass is 1300 g/mol. The number of hydrogen-bond donors (Lipinski definition) is 0. The zero-order valence-corrected chi connectivity index (χ0v) is 59.8. The topological polar surface area (TPSA) is 13.0 Å². The van der Waals surface area contributed by atoms with Crippen LogP contribution in [0.5, 0.6) is 0 Å². The van der Waals surface area contributed by atoms with Crippen molar-refractivity contribution in [3.63, 3.8) is 0 Å². The molecule has 4 aliphatic carbocycles. The third-order valence-corrected chi connectivity index (χ3v) is 28.0. The van der Waals surface area contributed by atoms with Crippen LogP contribution in [0.1, 0.15) is 178 Å². The molecule has 12 aromatic rings. The van der Waals surface area contributed by atoms with Gasteiger partial charge in [-0.15, -0.1) is 0 Å². The average molecular weight is 1300 g/mol. The van der Waals surface area contributed by atoms with Crippen LogP contribution in [0.25, 0.3) is 76.8 Å². The van der Waals surface area contributed by atoms with Gasteiger partial charge in [0.25, 0.3) is 0 Å². The van der Waals surface area contributed by atoms with Crippen molar-refractivity contribution in [3.05, 3.63) is 253 Å². The average Bonchev–Trinajstić information content (AvgIpc) is 1.17. The van der Waals surface area contributed by atoms with Crippen molar-refractivity contribution in [1.29, 1.82) is 0 Å². The SMILES string of the molecule is CC1CCCC2(C)C1c1cc(-c3cc(-c4ccc5c(c4)C4C(C)CCCC4(C)N5c4ccccc4)c4ccc5c(-c6ccc7c(c6)C6C(C)CCCC6(C)N7c6ccccc6)cc(-c6ccc7c(c6)C6C(C)CCCC6(C)N7c6ccccc6)c6ccc3c4c65)ccc1N2c1ccccc1. The Morgan fingerprint density at radius 1 is 0.260 bits per heavy atom. The molecule has 0 N–H and O–H groups in total. The number of para-hydroxylation sites is 4. The fourth-order valence-electron chi connectivity index (χ4n) is 24.2. The van der Waals surface area contributed by atoms with Crippen LogP contribution >= 0.6 is 0 Å². The molecule has 4 nitrogen and oxygen atoms in total. The van der Waals surface area contributed by atoms with Gasteiger partial charge in [0, 0.05) is 91.3 Å². The summed E-state index contributed by atoms with van der Waals surface area (Å²) < 4.78 is 0. The molecular formula is C96H94N4. The molecule has 12 unspecified atom stereocenters. The second kappa shape index (κ2) is 22.2. The lowest BCUT2D eigenvalue weighted by Crippen LogP contribution is -2.47. The molecular weight excluding hydrogens is 1210 g/mol. The normalized spacial score (nSPS) is 28.6. The Balaban J connectivity index is 0.867.